The van der Waals surface area contributed by atoms with Crippen molar-refractivity contribution >= 4 is 6.21 Å². The van der Waals surface area contributed by atoms with Gasteiger partial charge in [-0.25, -0.2) is 0 Å². The Morgan fingerprint density at radius 1 is 1.08 bits per heavy atom. The quantitative estimate of drug-likeness (QED) is 0.561. The molecule has 1 aliphatic rings. The Balaban J connectivity index is 2.22. The van der Waals surface area contributed by atoms with Gasteiger partial charge in [-0.1, -0.05) is 0 Å². The highest BCUT2D eigenvalue weighted by Gasteiger charge is 2.23. The third kappa shape index (κ3) is 5.01. The number of hydrogen-bond donors (Lipinski definition) is 0. The van der Waals surface area contributed by atoms with E-state index in [1.54, 1.807) is 0 Å². The van der Waals surface area contributed by atoms with E-state index in [0.29, 0.717) is 0 Å². The lowest BCUT2D eigenvalue weighted by atomic mass is 10.00. The molecule has 134 valence electrons. The first-order valence-electron chi connectivity index (χ1n) is 7.73. The number of hydrogen-bond acceptors (Lipinski definition) is 4. The summed E-state index contributed by atoms with van der Waals surface area (Å²) >= 11 is 0. The van der Waals surface area contributed by atoms with Crippen LogP contribution in [0.3, 0.4) is 0 Å². The van der Waals surface area contributed by atoms with Gasteiger partial charge >= 0.3 is 13.2 Å². The van der Waals surface area contributed by atoms with Crippen LogP contribution >= 0.6 is 0 Å². The van der Waals surface area contributed by atoms with Crippen LogP contribution in [0.1, 0.15) is 38.7 Å². The predicted octanol–water partition coefficient (Wildman–Crippen LogP) is 4.49. The van der Waals surface area contributed by atoms with Crippen LogP contribution in [0.5, 0.6) is 11.5 Å². The topological polar surface area (TPSA) is 34.1 Å². The van der Waals surface area contributed by atoms with Crippen LogP contribution in [-0.4, -0.2) is 36.5 Å². The average molecular weight is 348 g/mol. The van der Waals surface area contributed by atoms with Gasteiger partial charge in [0.1, 0.15) is 11.5 Å². The molecule has 0 bridgehead atoms. The molecular formula is C16H20F4N2O2. The Morgan fingerprint density at radius 2 is 1.71 bits per heavy atom. The molecule has 0 amide bonds. The maximum absolute atomic E-state index is 12.5. The van der Waals surface area contributed by atoms with Crippen molar-refractivity contribution in [3.63, 3.8) is 0 Å². The van der Waals surface area contributed by atoms with Gasteiger partial charge in [0.2, 0.25) is 0 Å². The zero-order chi connectivity index (χ0) is 17.7. The SMILES string of the molecule is CC1CCCC(C)N1/N=C/c1ccc(OC(F)F)cc1OC(F)F. The molecule has 0 spiro atoms. The van der Waals surface area contributed by atoms with Crippen LogP contribution in [-0.2, 0) is 0 Å². The standard InChI is InChI=1S/C16H20F4N2O2/c1-10-4-3-5-11(2)22(10)21-9-12-6-7-13(23-15(17)18)8-14(12)24-16(19)20/h6-11,15-16H,3-5H2,1-2H3/b21-9+. The molecule has 1 aliphatic heterocycles. The molecular weight excluding hydrogens is 328 g/mol. The van der Waals surface area contributed by atoms with E-state index in [-0.39, 0.29) is 29.1 Å². The second kappa shape index (κ2) is 8.21. The molecule has 4 nitrogen and oxygen atoms in total. The lowest BCUT2D eigenvalue weighted by Crippen LogP contribution is -2.39. The summed E-state index contributed by atoms with van der Waals surface area (Å²) in [5.41, 5.74) is 0.266. The fourth-order valence-corrected chi connectivity index (χ4v) is 2.76. The monoisotopic (exact) mass is 348 g/mol. The van der Waals surface area contributed by atoms with Crippen LogP contribution in [0.15, 0.2) is 23.3 Å². The number of nitrogens with zero attached hydrogens (tertiary/aromatic N) is 2. The number of ether oxygens (including phenoxy) is 2. The predicted molar refractivity (Wildman–Crippen MR) is 81.9 cm³/mol. The van der Waals surface area contributed by atoms with Gasteiger partial charge < -0.3 is 9.47 Å². The minimum Gasteiger partial charge on any atom is -0.435 e. The van der Waals surface area contributed by atoms with E-state index in [1.807, 2.05) is 18.9 Å². The molecule has 1 saturated heterocycles. The molecule has 0 N–H and O–H groups in total. The average Bonchev–Trinajstić information content (AvgIpc) is 2.47. The number of piperidine rings is 1. The normalized spacial score (nSPS) is 21.8. The van der Waals surface area contributed by atoms with Crippen molar-refractivity contribution < 1.29 is 27.0 Å². The molecule has 24 heavy (non-hydrogen) atoms. The molecule has 2 unspecified atom stereocenters. The van der Waals surface area contributed by atoms with Crippen molar-refractivity contribution in [2.24, 2.45) is 5.10 Å². The van der Waals surface area contributed by atoms with Crippen molar-refractivity contribution in [2.75, 3.05) is 0 Å². The van der Waals surface area contributed by atoms with Gasteiger partial charge in [-0.15, -0.1) is 0 Å². The maximum Gasteiger partial charge on any atom is 0.387 e. The van der Waals surface area contributed by atoms with E-state index in [4.69, 9.17) is 0 Å². The van der Waals surface area contributed by atoms with Crippen molar-refractivity contribution in [1.82, 2.24) is 5.01 Å². The van der Waals surface area contributed by atoms with E-state index in [2.05, 4.69) is 14.6 Å². The number of halogens is 4. The summed E-state index contributed by atoms with van der Waals surface area (Å²) in [7, 11) is 0. The summed E-state index contributed by atoms with van der Waals surface area (Å²) in [5.74, 6) is -0.512. The largest absolute Gasteiger partial charge is 0.435 e. The molecule has 1 fully saturated rings. The first kappa shape index (κ1) is 18.4. The number of benzene rings is 1. The van der Waals surface area contributed by atoms with Crippen molar-refractivity contribution in [2.45, 2.75) is 58.4 Å². The highest BCUT2D eigenvalue weighted by molar-refractivity contribution is 5.83. The second-order valence-corrected chi connectivity index (χ2v) is 5.71. The van der Waals surface area contributed by atoms with E-state index in [1.165, 1.54) is 18.3 Å². The number of hydrazone groups is 1. The smallest absolute Gasteiger partial charge is 0.387 e. The highest BCUT2D eigenvalue weighted by atomic mass is 19.3. The number of alkyl halides is 4. The molecule has 8 heteroatoms. The van der Waals surface area contributed by atoms with E-state index >= 15 is 0 Å². The van der Waals surface area contributed by atoms with Gasteiger partial charge in [0.15, 0.2) is 0 Å². The Hall–Kier alpha value is -1.99. The first-order chi connectivity index (χ1) is 11.4. The maximum atomic E-state index is 12.5. The summed E-state index contributed by atoms with van der Waals surface area (Å²) < 4.78 is 58.2. The molecule has 1 heterocycles. The zero-order valence-electron chi connectivity index (χ0n) is 13.5. The zero-order valence-corrected chi connectivity index (χ0v) is 13.5. The Morgan fingerprint density at radius 3 is 2.29 bits per heavy atom. The van der Waals surface area contributed by atoms with E-state index < -0.39 is 13.2 Å². The first-order valence-corrected chi connectivity index (χ1v) is 7.73. The van der Waals surface area contributed by atoms with Crippen LogP contribution in [0.4, 0.5) is 17.6 Å². The lowest BCUT2D eigenvalue weighted by molar-refractivity contribution is -0.0543. The molecule has 0 saturated carbocycles. The molecule has 0 radical (unpaired) electrons. The van der Waals surface area contributed by atoms with Gasteiger partial charge in [0.05, 0.1) is 6.21 Å². The van der Waals surface area contributed by atoms with E-state index in [9.17, 15) is 17.6 Å². The fourth-order valence-electron chi connectivity index (χ4n) is 2.76. The molecule has 2 rings (SSSR count). The summed E-state index contributed by atoms with van der Waals surface area (Å²) in [6.45, 7) is -2.03. The summed E-state index contributed by atoms with van der Waals surface area (Å²) in [6.07, 6.45) is 4.53. The van der Waals surface area contributed by atoms with Gasteiger partial charge in [-0.2, -0.15) is 22.7 Å². The highest BCUT2D eigenvalue weighted by Crippen LogP contribution is 2.27. The van der Waals surface area contributed by atoms with Gasteiger partial charge in [-0.3, -0.25) is 5.01 Å². The third-order valence-corrected chi connectivity index (χ3v) is 3.90. The van der Waals surface area contributed by atoms with E-state index in [0.717, 1.165) is 25.3 Å². The summed E-state index contributed by atoms with van der Waals surface area (Å²) in [5, 5.41) is 6.28. The van der Waals surface area contributed by atoms with Gasteiger partial charge in [0, 0.05) is 23.7 Å². The molecule has 2 atom stereocenters. The van der Waals surface area contributed by atoms with Crippen molar-refractivity contribution in [1.29, 1.82) is 0 Å². The van der Waals surface area contributed by atoms with Crippen LogP contribution < -0.4 is 9.47 Å². The Labute approximate surface area is 138 Å². The van der Waals surface area contributed by atoms with Crippen molar-refractivity contribution in [3.05, 3.63) is 23.8 Å². The molecule has 0 aliphatic carbocycles. The second-order valence-electron chi connectivity index (χ2n) is 5.71. The number of rotatable bonds is 6. The molecule has 0 aromatic heterocycles. The Kier molecular flexibility index (Phi) is 6.28. The summed E-state index contributed by atoms with van der Waals surface area (Å²) in [6, 6.07) is 4.10. The van der Waals surface area contributed by atoms with Crippen LogP contribution in [0.25, 0.3) is 0 Å². The summed E-state index contributed by atoms with van der Waals surface area (Å²) in [4.78, 5) is 0. The lowest BCUT2D eigenvalue weighted by Gasteiger charge is -2.36. The molecule has 1 aromatic rings. The minimum atomic E-state index is -3.08. The minimum absolute atomic E-state index is 0.242. The molecule has 1 aromatic carbocycles. The van der Waals surface area contributed by atoms with Gasteiger partial charge in [0.25, 0.3) is 0 Å². The van der Waals surface area contributed by atoms with Crippen LogP contribution in [0.2, 0.25) is 0 Å². The Bertz CT molecular complexity index is 559. The third-order valence-electron chi connectivity index (χ3n) is 3.90. The van der Waals surface area contributed by atoms with Crippen molar-refractivity contribution in [3.8, 4) is 11.5 Å². The van der Waals surface area contributed by atoms with Gasteiger partial charge in [-0.05, 0) is 45.2 Å². The fraction of sp³-hybridized carbons (Fsp3) is 0.562. The van der Waals surface area contributed by atoms with Crippen LogP contribution in [0, 0.1) is 0 Å².